The molecule has 6 nitrogen and oxygen atoms in total. The van der Waals surface area contributed by atoms with Crippen LogP contribution in [-0.4, -0.2) is 57.9 Å². The summed E-state index contributed by atoms with van der Waals surface area (Å²) < 4.78 is 11.2. The first-order valence-corrected chi connectivity index (χ1v) is 17.5. The fourth-order valence-electron chi connectivity index (χ4n) is 6.40. The largest absolute Gasteiger partial charge is 0.455 e. The quantitative estimate of drug-likeness (QED) is 0.0707. The maximum absolute atomic E-state index is 11.6. The van der Waals surface area contributed by atoms with Crippen LogP contribution in [0.5, 0.6) is 0 Å². The minimum Gasteiger partial charge on any atom is -0.455 e. The Morgan fingerprint density at radius 3 is 1.51 bits per heavy atom. The van der Waals surface area contributed by atoms with Gasteiger partial charge in [0.05, 0.1) is 30.5 Å². The van der Waals surface area contributed by atoms with Crippen LogP contribution in [0, 0.1) is 0 Å². The number of hydrogen-bond donors (Lipinski definition) is 3. The van der Waals surface area contributed by atoms with Crippen molar-refractivity contribution in [2.45, 2.75) is 205 Å². The molecule has 0 aliphatic carbocycles. The van der Waals surface area contributed by atoms with Crippen molar-refractivity contribution in [3.05, 3.63) is 11.6 Å². The number of carbonyl (C=O) groups is 1. The molecular weight excluding hydrogens is 516 g/mol. The molecule has 2 rings (SSSR count). The Hall–Kier alpha value is -0.950. The van der Waals surface area contributed by atoms with E-state index in [1.54, 1.807) is 0 Å². The molecule has 3 N–H and O–H groups in total. The number of unbranched alkanes of at least 4 members (excludes halogenated alkanes) is 16. The predicted molar refractivity (Wildman–Crippen MR) is 167 cm³/mol. The molecule has 0 radical (unpaired) electrons. The standard InChI is InChI=1S/C35H64O6/c1-3-4-5-6-7-8-9-13-16-19-22-31(37)33-24-25-34(41-33)32(38)23-20-17-14-11-10-12-15-18-21-30(36)27-29-26-28(2)40-35(29)39/h26,28,30-34,36-38H,3-25,27H2,1-2H3/t28-,30+,31-,32-,33-,34-/m0/s1. The van der Waals surface area contributed by atoms with Gasteiger partial charge < -0.3 is 24.8 Å². The summed E-state index contributed by atoms with van der Waals surface area (Å²) >= 11 is 0. The van der Waals surface area contributed by atoms with Gasteiger partial charge in [-0.3, -0.25) is 0 Å². The van der Waals surface area contributed by atoms with Crippen LogP contribution in [0.15, 0.2) is 11.6 Å². The summed E-state index contributed by atoms with van der Waals surface area (Å²) in [7, 11) is 0. The molecule has 6 atom stereocenters. The first kappa shape index (κ1) is 36.2. The van der Waals surface area contributed by atoms with E-state index < -0.39 is 18.3 Å². The molecule has 0 aromatic carbocycles. The Balaban J connectivity index is 1.37. The number of hydrogen-bond acceptors (Lipinski definition) is 6. The second-order valence-electron chi connectivity index (χ2n) is 13.0. The van der Waals surface area contributed by atoms with Gasteiger partial charge in [-0.15, -0.1) is 0 Å². The molecule has 1 saturated heterocycles. The van der Waals surface area contributed by atoms with Gasteiger partial charge in [-0.25, -0.2) is 4.79 Å². The highest BCUT2D eigenvalue weighted by Crippen LogP contribution is 2.28. The first-order chi connectivity index (χ1) is 19.9. The molecule has 1 fully saturated rings. The van der Waals surface area contributed by atoms with Crippen molar-refractivity contribution >= 4 is 5.97 Å². The second-order valence-corrected chi connectivity index (χ2v) is 13.0. The molecule has 2 aliphatic rings. The fourth-order valence-corrected chi connectivity index (χ4v) is 6.40. The van der Waals surface area contributed by atoms with Gasteiger partial charge in [0.2, 0.25) is 0 Å². The lowest BCUT2D eigenvalue weighted by Crippen LogP contribution is -2.31. The van der Waals surface area contributed by atoms with Crippen molar-refractivity contribution in [2.75, 3.05) is 0 Å². The molecule has 0 bridgehead atoms. The van der Waals surface area contributed by atoms with Gasteiger partial charge in [0.1, 0.15) is 6.10 Å². The van der Waals surface area contributed by atoms with Crippen LogP contribution < -0.4 is 0 Å². The number of rotatable bonds is 26. The molecule has 0 spiro atoms. The molecule has 0 unspecified atom stereocenters. The van der Waals surface area contributed by atoms with Gasteiger partial charge in [-0.2, -0.15) is 0 Å². The van der Waals surface area contributed by atoms with Crippen LogP contribution in [0.25, 0.3) is 0 Å². The van der Waals surface area contributed by atoms with E-state index in [0.29, 0.717) is 12.0 Å². The molecule has 6 heteroatoms. The molecule has 240 valence electrons. The number of ether oxygens (including phenoxy) is 2. The smallest absolute Gasteiger partial charge is 0.334 e. The van der Waals surface area contributed by atoms with E-state index in [4.69, 9.17) is 9.47 Å². The summed E-state index contributed by atoms with van der Waals surface area (Å²) in [5.74, 6) is -0.280. The molecule has 2 heterocycles. The highest BCUT2D eigenvalue weighted by Gasteiger charge is 2.34. The highest BCUT2D eigenvalue weighted by molar-refractivity contribution is 5.90. The average molecular weight is 581 g/mol. The minimum absolute atomic E-state index is 0.102. The molecule has 2 aliphatic heterocycles. The van der Waals surface area contributed by atoms with E-state index in [2.05, 4.69) is 6.92 Å². The Morgan fingerprint density at radius 1 is 0.683 bits per heavy atom. The molecule has 0 aromatic heterocycles. The Labute approximate surface area is 251 Å². The van der Waals surface area contributed by atoms with Gasteiger partial charge in [-0.1, -0.05) is 122 Å². The fraction of sp³-hybridized carbons (Fsp3) is 0.914. The van der Waals surface area contributed by atoms with E-state index >= 15 is 0 Å². The summed E-state index contributed by atoms with van der Waals surface area (Å²) in [6.07, 6.45) is 26.7. The SMILES string of the molecule is CCCCCCCCCCCC[C@H](O)[C@@H]1CC[C@@H]([C@@H](O)CCCCCCCCCC[C@@H](O)CC2=C[C@H](C)OC2=O)O1. The van der Waals surface area contributed by atoms with Crippen molar-refractivity contribution in [1.82, 2.24) is 0 Å². The van der Waals surface area contributed by atoms with E-state index in [1.165, 1.54) is 83.5 Å². The molecule has 41 heavy (non-hydrogen) atoms. The van der Waals surface area contributed by atoms with Crippen LogP contribution >= 0.6 is 0 Å². The number of aliphatic hydroxyl groups is 3. The lowest BCUT2D eigenvalue weighted by atomic mass is 9.99. The van der Waals surface area contributed by atoms with E-state index in [-0.39, 0.29) is 24.3 Å². The monoisotopic (exact) mass is 580 g/mol. The van der Waals surface area contributed by atoms with Crippen molar-refractivity contribution in [1.29, 1.82) is 0 Å². The Bertz CT molecular complexity index is 694. The zero-order valence-electron chi connectivity index (χ0n) is 26.6. The van der Waals surface area contributed by atoms with E-state index in [1.807, 2.05) is 13.0 Å². The Morgan fingerprint density at radius 2 is 1.10 bits per heavy atom. The maximum atomic E-state index is 11.6. The highest BCUT2D eigenvalue weighted by atomic mass is 16.5. The summed E-state index contributed by atoms with van der Waals surface area (Å²) in [6.45, 7) is 4.10. The average Bonchev–Trinajstić information content (AvgIpc) is 3.57. The maximum Gasteiger partial charge on any atom is 0.334 e. The van der Waals surface area contributed by atoms with Crippen molar-refractivity contribution < 1.29 is 29.6 Å². The third kappa shape index (κ3) is 16.5. The van der Waals surface area contributed by atoms with Crippen LogP contribution in [0.1, 0.15) is 168 Å². The molecule has 0 aromatic rings. The minimum atomic E-state index is -0.461. The lowest BCUT2D eigenvalue weighted by Gasteiger charge is -2.22. The summed E-state index contributed by atoms with van der Waals surface area (Å²) in [6, 6.07) is 0. The van der Waals surface area contributed by atoms with Gasteiger partial charge >= 0.3 is 5.97 Å². The summed E-state index contributed by atoms with van der Waals surface area (Å²) in [5, 5.41) is 31.4. The lowest BCUT2D eigenvalue weighted by molar-refractivity contribution is -0.139. The topological polar surface area (TPSA) is 96.2 Å². The molecule has 0 amide bonds. The predicted octanol–water partition coefficient (Wildman–Crippen LogP) is 8.09. The zero-order chi connectivity index (χ0) is 29.7. The van der Waals surface area contributed by atoms with E-state index in [0.717, 1.165) is 64.2 Å². The molecule has 0 saturated carbocycles. The summed E-state index contributed by atoms with van der Waals surface area (Å²) in [5.41, 5.74) is 0.617. The van der Waals surface area contributed by atoms with Crippen molar-refractivity contribution in [2.24, 2.45) is 0 Å². The van der Waals surface area contributed by atoms with Crippen LogP contribution in [0.3, 0.4) is 0 Å². The number of cyclic esters (lactones) is 1. The second kappa shape index (κ2) is 22.6. The van der Waals surface area contributed by atoms with Crippen molar-refractivity contribution in [3.8, 4) is 0 Å². The van der Waals surface area contributed by atoms with Crippen LogP contribution in [0.2, 0.25) is 0 Å². The normalized spacial score (nSPS) is 23.0. The number of esters is 1. The zero-order valence-corrected chi connectivity index (χ0v) is 26.6. The molecular formula is C35H64O6. The van der Waals surface area contributed by atoms with Gasteiger partial charge in [0, 0.05) is 12.0 Å². The summed E-state index contributed by atoms with van der Waals surface area (Å²) in [4.78, 5) is 11.6. The third-order valence-electron chi connectivity index (χ3n) is 9.03. The van der Waals surface area contributed by atoms with Gasteiger partial charge in [-0.05, 0) is 45.1 Å². The van der Waals surface area contributed by atoms with E-state index in [9.17, 15) is 20.1 Å². The Kier molecular flexibility index (Phi) is 20.0. The first-order valence-electron chi connectivity index (χ1n) is 17.5. The van der Waals surface area contributed by atoms with Gasteiger partial charge in [0.25, 0.3) is 0 Å². The van der Waals surface area contributed by atoms with Crippen LogP contribution in [-0.2, 0) is 14.3 Å². The van der Waals surface area contributed by atoms with Gasteiger partial charge in [0.15, 0.2) is 0 Å². The third-order valence-corrected chi connectivity index (χ3v) is 9.03. The van der Waals surface area contributed by atoms with Crippen molar-refractivity contribution in [3.63, 3.8) is 0 Å². The number of aliphatic hydroxyl groups excluding tert-OH is 3. The van der Waals surface area contributed by atoms with Crippen LogP contribution in [0.4, 0.5) is 0 Å². The number of carbonyl (C=O) groups excluding carboxylic acids is 1.